The van der Waals surface area contributed by atoms with Crippen molar-refractivity contribution in [3.05, 3.63) is 30.3 Å². The Morgan fingerprint density at radius 1 is 1.19 bits per heavy atom. The molecule has 1 heterocycles. The van der Waals surface area contributed by atoms with Crippen molar-refractivity contribution in [1.29, 1.82) is 0 Å². The minimum atomic E-state index is -1.63. The molecule has 27 heavy (non-hydrogen) atoms. The second-order valence-electron chi connectivity index (χ2n) is 7.66. The van der Waals surface area contributed by atoms with Gasteiger partial charge in [0.2, 0.25) is 0 Å². The molecule has 1 aliphatic heterocycles. The molecule has 1 aromatic carbocycles. The number of anilines is 1. The summed E-state index contributed by atoms with van der Waals surface area (Å²) in [6, 6.07) is 8.21. The van der Waals surface area contributed by atoms with E-state index in [0.717, 1.165) is 24.2 Å². The molecule has 8 nitrogen and oxygen atoms in total. The molecule has 2 fully saturated rings. The van der Waals surface area contributed by atoms with E-state index in [2.05, 4.69) is 5.32 Å². The van der Waals surface area contributed by atoms with E-state index in [1.165, 1.54) is 11.9 Å². The third kappa shape index (κ3) is 2.84. The molecule has 3 rings (SSSR count). The summed E-state index contributed by atoms with van der Waals surface area (Å²) in [4.78, 5) is 40.3. The minimum absolute atomic E-state index is 0.519. The van der Waals surface area contributed by atoms with E-state index < -0.39 is 35.2 Å². The maximum atomic E-state index is 13.4. The molecule has 1 aromatic rings. The SMILES string of the molecule is CN1C(=O)N(c2ccccc2)C(N)C(NC(=O)O)(C2(C)CCCCC2)C1=O. The van der Waals surface area contributed by atoms with E-state index >= 15 is 0 Å². The summed E-state index contributed by atoms with van der Waals surface area (Å²) >= 11 is 0. The molecule has 8 heteroatoms. The van der Waals surface area contributed by atoms with Crippen molar-refractivity contribution in [2.45, 2.75) is 50.7 Å². The number of carboxylic acid groups (broad SMARTS) is 1. The predicted octanol–water partition coefficient (Wildman–Crippen LogP) is 2.35. The number of benzene rings is 1. The van der Waals surface area contributed by atoms with Crippen molar-refractivity contribution >= 4 is 23.7 Å². The minimum Gasteiger partial charge on any atom is -0.465 e. The zero-order chi connectivity index (χ0) is 19.8. The Morgan fingerprint density at radius 2 is 1.78 bits per heavy atom. The second-order valence-corrected chi connectivity index (χ2v) is 7.66. The number of nitrogens with two attached hydrogens (primary N) is 1. The number of imide groups is 1. The van der Waals surface area contributed by atoms with Crippen LogP contribution in [-0.4, -0.2) is 46.8 Å². The number of hydrogen-bond donors (Lipinski definition) is 3. The van der Waals surface area contributed by atoms with E-state index in [0.29, 0.717) is 18.5 Å². The lowest BCUT2D eigenvalue weighted by atomic mass is 9.60. The molecule has 0 spiro atoms. The molecule has 1 saturated carbocycles. The Bertz CT molecular complexity index is 747. The number of nitrogens with zero attached hydrogens (tertiary/aromatic N) is 2. The molecular weight excluding hydrogens is 348 g/mol. The van der Waals surface area contributed by atoms with Crippen LogP contribution < -0.4 is 16.0 Å². The first-order valence-corrected chi connectivity index (χ1v) is 9.18. The average molecular weight is 374 g/mol. The van der Waals surface area contributed by atoms with Crippen LogP contribution in [0.5, 0.6) is 0 Å². The molecule has 2 unspecified atom stereocenters. The highest BCUT2D eigenvalue weighted by Crippen LogP contribution is 2.49. The zero-order valence-corrected chi connectivity index (χ0v) is 15.6. The van der Waals surface area contributed by atoms with E-state index in [9.17, 15) is 19.5 Å². The zero-order valence-electron chi connectivity index (χ0n) is 15.6. The van der Waals surface area contributed by atoms with Crippen molar-refractivity contribution in [2.75, 3.05) is 11.9 Å². The van der Waals surface area contributed by atoms with Gasteiger partial charge in [-0.3, -0.25) is 14.6 Å². The van der Waals surface area contributed by atoms with Crippen molar-refractivity contribution in [2.24, 2.45) is 11.1 Å². The highest BCUT2D eigenvalue weighted by molar-refractivity contribution is 6.11. The number of likely N-dealkylation sites (N-methyl/N-ethyl adjacent to an activating group) is 1. The monoisotopic (exact) mass is 374 g/mol. The highest BCUT2D eigenvalue weighted by atomic mass is 16.4. The number of para-hydroxylation sites is 1. The van der Waals surface area contributed by atoms with Crippen LogP contribution in [0.1, 0.15) is 39.0 Å². The molecule has 1 saturated heterocycles. The molecule has 1 aliphatic carbocycles. The Hall–Kier alpha value is -2.61. The second kappa shape index (κ2) is 6.84. The number of carbonyl (C=O) groups is 3. The average Bonchev–Trinajstić information content (AvgIpc) is 2.65. The van der Waals surface area contributed by atoms with Gasteiger partial charge < -0.3 is 16.2 Å². The van der Waals surface area contributed by atoms with Crippen LogP contribution in [0.2, 0.25) is 0 Å². The Labute approximate surface area is 158 Å². The van der Waals surface area contributed by atoms with E-state index in [1.54, 1.807) is 24.3 Å². The van der Waals surface area contributed by atoms with Gasteiger partial charge in [-0.25, -0.2) is 9.59 Å². The number of hydrogen-bond acceptors (Lipinski definition) is 4. The summed E-state index contributed by atoms with van der Waals surface area (Å²) in [6.07, 6.45) is 1.59. The van der Waals surface area contributed by atoms with Gasteiger partial charge in [0.25, 0.3) is 5.91 Å². The van der Waals surface area contributed by atoms with Gasteiger partial charge >= 0.3 is 12.1 Å². The summed E-state index contributed by atoms with van der Waals surface area (Å²) in [5.41, 5.74) is 4.71. The topological polar surface area (TPSA) is 116 Å². The lowest BCUT2D eigenvalue weighted by Gasteiger charge is -2.57. The lowest BCUT2D eigenvalue weighted by Crippen LogP contribution is -2.83. The smallest absolute Gasteiger partial charge is 0.405 e. The first-order chi connectivity index (χ1) is 12.7. The molecule has 4 amide bonds. The van der Waals surface area contributed by atoms with Crippen LogP contribution >= 0.6 is 0 Å². The van der Waals surface area contributed by atoms with Crippen LogP contribution in [0.3, 0.4) is 0 Å². The third-order valence-corrected chi connectivity index (χ3v) is 6.10. The molecule has 4 N–H and O–H groups in total. The largest absolute Gasteiger partial charge is 0.465 e. The molecule has 0 bridgehead atoms. The number of rotatable bonds is 3. The van der Waals surface area contributed by atoms with E-state index in [4.69, 9.17) is 5.73 Å². The number of urea groups is 1. The van der Waals surface area contributed by atoms with Crippen LogP contribution in [0.25, 0.3) is 0 Å². The maximum absolute atomic E-state index is 13.4. The maximum Gasteiger partial charge on any atom is 0.405 e. The number of carbonyl (C=O) groups excluding carboxylic acids is 2. The number of amides is 4. The summed E-state index contributed by atoms with van der Waals surface area (Å²) in [7, 11) is 1.37. The van der Waals surface area contributed by atoms with Crippen LogP contribution in [0.15, 0.2) is 30.3 Å². The summed E-state index contributed by atoms with van der Waals surface area (Å²) in [5, 5.41) is 12.0. The molecule has 2 aliphatic rings. The van der Waals surface area contributed by atoms with Gasteiger partial charge in [-0.2, -0.15) is 0 Å². The first-order valence-electron chi connectivity index (χ1n) is 9.18. The Balaban J connectivity index is 2.19. The van der Waals surface area contributed by atoms with Gasteiger partial charge in [-0.1, -0.05) is 44.4 Å². The quantitative estimate of drug-likeness (QED) is 0.751. The fraction of sp³-hybridized carbons (Fsp3) is 0.526. The van der Waals surface area contributed by atoms with Crippen LogP contribution in [0, 0.1) is 5.41 Å². The van der Waals surface area contributed by atoms with Gasteiger partial charge in [0.1, 0.15) is 6.17 Å². The van der Waals surface area contributed by atoms with Gasteiger partial charge in [0, 0.05) is 18.2 Å². The van der Waals surface area contributed by atoms with Gasteiger partial charge in [-0.15, -0.1) is 0 Å². The standard InChI is InChI=1S/C19H26N4O4/c1-18(11-7-4-8-12-18)19(21-16(25)26)14(20)23(13-9-5-3-6-10-13)17(27)22(2)15(19)24/h3,5-6,9-10,14,21H,4,7-8,11-12,20H2,1-2H3,(H,25,26). The van der Waals surface area contributed by atoms with Gasteiger partial charge in [-0.05, 0) is 25.0 Å². The first kappa shape index (κ1) is 19.2. The number of nitrogens with one attached hydrogen (secondary N) is 1. The van der Waals surface area contributed by atoms with Crippen molar-refractivity contribution in [3.63, 3.8) is 0 Å². The molecule has 2 atom stereocenters. The fourth-order valence-electron chi connectivity index (χ4n) is 4.60. The molecule has 146 valence electrons. The summed E-state index contributed by atoms with van der Waals surface area (Å²) < 4.78 is 0. The lowest BCUT2D eigenvalue weighted by molar-refractivity contribution is -0.145. The molecular formula is C19H26N4O4. The Kier molecular flexibility index (Phi) is 4.86. The normalized spacial score (nSPS) is 28.2. The summed E-state index contributed by atoms with van der Waals surface area (Å²) in [6.45, 7) is 1.90. The molecule has 0 radical (unpaired) electrons. The van der Waals surface area contributed by atoms with E-state index in [1.807, 2.05) is 13.0 Å². The highest BCUT2D eigenvalue weighted by Gasteiger charge is 2.65. The van der Waals surface area contributed by atoms with Gasteiger partial charge in [0.15, 0.2) is 5.54 Å². The molecule has 0 aromatic heterocycles. The third-order valence-electron chi connectivity index (χ3n) is 6.10. The Morgan fingerprint density at radius 3 is 2.33 bits per heavy atom. The van der Waals surface area contributed by atoms with Crippen LogP contribution in [0.4, 0.5) is 15.3 Å². The van der Waals surface area contributed by atoms with Crippen molar-refractivity contribution in [3.8, 4) is 0 Å². The van der Waals surface area contributed by atoms with Crippen molar-refractivity contribution < 1.29 is 19.5 Å². The fourth-order valence-corrected chi connectivity index (χ4v) is 4.60. The predicted molar refractivity (Wildman–Crippen MR) is 100 cm³/mol. The van der Waals surface area contributed by atoms with Crippen molar-refractivity contribution in [1.82, 2.24) is 10.2 Å². The summed E-state index contributed by atoms with van der Waals surface area (Å²) in [5.74, 6) is -0.598. The van der Waals surface area contributed by atoms with E-state index in [-0.39, 0.29) is 0 Å². The van der Waals surface area contributed by atoms with Gasteiger partial charge in [0.05, 0.1) is 0 Å². The van der Waals surface area contributed by atoms with Crippen LogP contribution in [-0.2, 0) is 4.79 Å².